The summed E-state index contributed by atoms with van der Waals surface area (Å²) in [5.74, 6) is 2.37. The van der Waals surface area contributed by atoms with E-state index in [4.69, 9.17) is 4.74 Å². The molecule has 3 heteroatoms. The molecule has 1 aliphatic rings. The Labute approximate surface area is 105 Å². The molecule has 96 valence electrons. The predicted molar refractivity (Wildman–Crippen MR) is 73.1 cm³/mol. The van der Waals surface area contributed by atoms with Crippen molar-refractivity contribution in [2.24, 2.45) is 0 Å². The van der Waals surface area contributed by atoms with Gasteiger partial charge in [0, 0.05) is 18.8 Å². The third kappa shape index (κ3) is 6.12. The third-order valence-electron chi connectivity index (χ3n) is 3.06. The molecular formula is C13H27NOS. The summed E-state index contributed by atoms with van der Waals surface area (Å²) >= 11 is 2.00. The average Bonchev–Trinajstić information content (AvgIpc) is 2.34. The Morgan fingerprint density at radius 3 is 2.56 bits per heavy atom. The van der Waals surface area contributed by atoms with E-state index in [9.17, 15) is 0 Å². The van der Waals surface area contributed by atoms with E-state index in [1.54, 1.807) is 0 Å². The molecule has 0 aromatic rings. The largest absolute Gasteiger partial charge is 0.362 e. The van der Waals surface area contributed by atoms with Gasteiger partial charge in [0.05, 0.1) is 12.8 Å². The molecule has 1 aliphatic heterocycles. The SMILES string of the molecule is CCCC(CSCC)OCN1CCCCC1. The van der Waals surface area contributed by atoms with Gasteiger partial charge in [-0.3, -0.25) is 4.90 Å². The van der Waals surface area contributed by atoms with Gasteiger partial charge in [-0.25, -0.2) is 0 Å². The van der Waals surface area contributed by atoms with Crippen LogP contribution in [0.4, 0.5) is 0 Å². The Balaban J connectivity index is 2.14. The molecule has 0 amide bonds. The van der Waals surface area contributed by atoms with Gasteiger partial charge in [0.25, 0.3) is 0 Å². The second-order valence-electron chi connectivity index (χ2n) is 4.54. The molecule has 0 aliphatic carbocycles. The zero-order valence-corrected chi connectivity index (χ0v) is 11.7. The molecule has 0 aromatic carbocycles. The van der Waals surface area contributed by atoms with Crippen LogP contribution in [0.5, 0.6) is 0 Å². The standard InChI is InChI=1S/C13H27NOS/c1-3-8-13(11-16-4-2)15-12-14-9-6-5-7-10-14/h13H,3-12H2,1-2H3. The molecule has 16 heavy (non-hydrogen) atoms. The molecule has 1 unspecified atom stereocenters. The summed E-state index contributed by atoms with van der Waals surface area (Å²) in [6, 6.07) is 0. The Morgan fingerprint density at radius 2 is 1.94 bits per heavy atom. The lowest BCUT2D eigenvalue weighted by Gasteiger charge is -2.28. The van der Waals surface area contributed by atoms with Crippen LogP contribution in [0.2, 0.25) is 0 Å². The minimum Gasteiger partial charge on any atom is -0.362 e. The molecule has 0 radical (unpaired) electrons. The van der Waals surface area contributed by atoms with Crippen LogP contribution < -0.4 is 0 Å². The van der Waals surface area contributed by atoms with Crippen LogP contribution in [0.25, 0.3) is 0 Å². The van der Waals surface area contributed by atoms with Gasteiger partial charge in [-0.2, -0.15) is 11.8 Å². The molecule has 2 nitrogen and oxygen atoms in total. The zero-order chi connectivity index (χ0) is 11.6. The summed E-state index contributed by atoms with van der Waals surface area (Å²) in [6.07, 6.45) is 7.02. The quantitative estimate of drug-likeness (QED) is 0.650. The van der Waals surface area contributed by atoms with Crippen LogP contribution in [0, 0.1) is 0 Å². The van der Waals surface area contributed by atoms with Crippen molar-refractivity contribution >= 4 is 11.8 Å². The fourth-order valence-electron chi connectivity index (χ4n) is 2.09. The fourth-order valence-corrected chi connectivity index (χ4v) is 2.85. The molecule has 1 fully saturated rings. The lowest BCUT2D eigenvalue weighted by Crippen LogP contribution is -2.34. The minimum atomic E-state index is 0.469. The lowest BCUT2D eigenvalue weighted by atomic mass is 10.1. The molecule has 1 heterocycles. The van der Waals surface area contributed by atoms with Gasteiger partial charge in [-0.15, -0.1) is 0 Å². The monoisotopic (exact) mass is 245 g/mol. The summed E-state index contributed by atoms with van der Waals surface area (Å²) < 4.78 is 6.03. The first kappa shape index (κ1) is 14.3. The van der Waals surface area contributed by atoms with E-state index in [0.29, 0.717) is 6.10 Å². The van der Waals surface area contributed by atoms with Gasteiger partial charge < -0.3 is 4.74 Å². The van der Waals surface area contributed by atoms with E-state index >= 15 is 0 Å². The van der Waals surface area contributed by atoms with E-state index in [1.807, 2.05) is 11.8 Å². The number of hydrogen-bond donors (Lipinski definition) is 0. The molecule has 0 bridgehead atoms. The zero-order valence-electron chi connectivity index (χ0n) is 10.9. The highest BCUT2D eigenvalue weighted by atomic mass is 32.2. The summed E-state index contributed by atoms with van der Waals surface area (Å²) in [5.41, 5.74) is 0. The highest BCUT2D eigenvalue weighted by Crippen LogP contribution is 2.13. The smallest absolute Gasteiger partial charge is 0.0994 e. The van der Waals surface area contributed by atoms with E-state index in [1.165, 1.54) is 50.9 Å². The second kappa shape index (κ2) is 9.32. The van der Waals surface area contributed by atoms with Crippen molar-refractivity contribution in [2.45, 2.75) is 52.1 Å². The van der Waals surface area contributed by atoms with E-state index in [-0.39, 0.29) is 0 Å². The van der Waals surface area contributed by atoms with Crippen molar-refractivity contribution in [3.8, 4) is 0 Å². The number of piperidine rings is 1. The predicted octanol–water partition coefficient (Wildman–Crippen LogP) is 3.37. The molecule has 1 saturated heterocycles. The van der Waals surface area contributed by atoms with Gasteiger partial charge in [0.15, 0.2) is 0 Å². The van der Waals surface area contributed by atoms with E-state index < -0.39 is 0 Å². The van der Waals surface area contributed by atoms with Crippen LogP contribution in [-0.4, -0.2) is 42.3 Å². The Kier molecular flexibility index (Phi) is 8.34. The minimum absolute atomic E-state index is 0.469. The normalized spacial score (nSPS) is 19.9. The Morgan fingerprint density at radius 1 is 1.19 bits per heavy atom. The first-order valence-corrected chi connectivity index (χ1v) is 7.94. The number of hydrogen-bond acceptors (Lipinski definition) is 3. The van der Waals surface area contributed by atoms with Gasteiger partial charge in [0.2, 0.25) is 0 Å². The van der Waals surface area contributed by atoms with Crippen molar-refractivity contribution in [3.05, 3.63) is 0 Å². The van der Waals surface area contributed by atoms with E-state index in [2.05, 4.69) is 18.7 Å². The van der Waals surface area contributed by atoms with Crippen molar-refractivity contribution < 1.29 is 4.74 Å². The topological polar surface area (TPSA) is 12.5 Å². The Bertz CT molecular complexity index is 160. The molecule has 0 aromatic heterocycles. The molecule has 0 N–H and O–H groups in total. The Hall–Kier alpha value is 0.270. The summed E-state index contributed by atoms with van der Waals surface area (Å²) in [4.78, 5) is 2.46. The third-order valence-corrected chi connectivity index (χ3v) is 4.08. The number of ether oxygens (including phenoxy) is 1. The van der Waals surface area contributed by atoms with Crippen molar-refractivity contribution in [1.82, 2.24) is 4.90 Å². The van der Waals surface area contributed by atoms with E-state index in [0.717, 1.165) is 12.5 Å². The van der Waals surface area contributed by atoms with Gasteiger partial charge in [0.1, 0.15) is 0 Å². The maximum atomic E-state index is 6.03. The van der Waals surface area contributed by atoms with Crippen molar-refractivity contribution in [1.29, 1.82) is 0 Å². The molecule has 1 rings (SSSR count). The number of likely N-dealkylation sites (tertiary alicyclic amines) is 1. The van der Waals surface area contributed by atoms with Crippen molar-refractivity contribution in [3.63, 3.8) is 0 Å². The van der Waals surface area contributed by atoms with Gasteiger partial charge >= 0.3 is 0 Å². The highest BCUT2D eigenvalue weighted by Gasteiger charge is 2.13. The lowest BCUT2D eigenvalue weighted by molar-refractivity contribution is -0.0223. The summed E-state index contributed by atoms with van der Waals surface area (Å²) in [7, 11) is 0. The highest BCUT2D eigenvalue weighted by molar-refractivity contribution is 7.99. The van der Waals surface area contributed by atoms with Crippen LogP contribution >= 0.6 is 11.8 Å². The maximum absolute atomic E-state index is 6.03. The average molecular weight is 245 g/mol. The van der Waals surface area contributed by atoms with Crippen LogP contribution in [0.15, 0.2) is 0 Å². The first-order valence-electron chi connectivity index (χ1n) is 6.78. The number of rotatable bonds is 8. The van der Waals surface area contributed by atoms with Crippen LogP contribution in [0.3, 0.4) is 0 Å². The molecule has 0 spiro atoms. The summed E-state index contributed by atoms with van der Waals surface area (Å²) in [6.45, 7) is 7.79. The fraction of sp³-hybridized carbons (Fsp3) is 1.00. The molecule has 1 atom stereocenters. The van der Waals surface area contributed by atoms with Crippen LogP contribution in [-0.2, 0) is 4.74 Å². The van der Waals surface area contributed by atoms with Gasteiger partial charge in [-0.05, 0) is 25.0 Å². The number of thioether (sulfide) groups is 1. The molecule has 0 saturated carbocycles. The summed E-state index contributed by atoms with van der Waals surface area (Å²) in [5, 5.41) is 0. The molecular weight excluding hydrogens is 218 g/mol. The maximum Gasteiger partial charge on any atom is 0.0994 e. The van der Waals surface area contributed by atoms with Gasteiger partial charge in [-0.1, -0.05) is 26.7 Å². The second-order valence-corrected chi connectivity index (χ2v) is 5.86. The first-order chi connectivity index (χ1) is 7.86. The number of nitrogens with zero attached hydrogens (tertiary/aromatic N) is 1. The van der Waals surface area contributed by atoms with Crippen LogP contribution in [0.1, 0.15) is 46.0 Å². The van der Waals surface area contributed by atoms with Crippen molar-refractivity contribution in [2.75, 3.05) is 31.3 Å².